The van der Waals surface area contributed by atoms with Crippen LogP contribution in [0.3, 0.4) is 0 Å². The Hall–Kier alpha value is -2.75. The summed E-state index contributed by atoms with van der Waals surface area (Å²) in [6.07, 6.45) is 8.59. The van der Waals surface area contributed by atoms with Crippen molar-refractivity contribution in [2.75, 3.05) is 33.4 Å². The van der Waals surface area contributed by atoms with E-state index in [0.29, 0.717) is 19.4 Å². The second-order valence-electron chi connectivity index (χ2n) is 10.9. The molecule has 36 heavy (non-hydrogen) atoms. The SMILES string of the molecule is CN1C(=O)C[C@H](C(=O)NCCOCC(=O)N[C@H]2CC[C@@H](C(=O)OC(C)(C)C)CC2)[C@H]1C1C=CC=NC1. The number of carbonyl (C=O) groups excluding carboxylic acids is 4. The first-order valence-corrected chi connectivity index (χ1v) is 12.8. The van der Waals surface area contributed by atoms with Gasteiger partial charge in [-0.25, -0.2) is 0 Å². The number of hydrogen-bond acceptors (Lipinski definition) is 7. The Labute approximate surface area is 213 Å². The number of allylic oxidation sites excluding steroid dienone is 1. The zero-order chi connectivity index (χ0) is 26.3. The molecule has 2 heterocycles. The summed E-state index contributed by atoms with van der Waals surface area (Å²) in [6.45, 7) is 6.49. The van der Waals surface area contributed by atoms with Crippen LogP contribution in [0, 0.1) is 17.8 Å². The second kappa shape index (κ2) is 12.5. The summed E-state index contributed by atoms with van der Waals surface area (Å²) in [6, 6.07) is -0.199. The molecule has 3 aliphatic rings. The van der Waals surface area contributed by atoms with Crippen LogP contribution in [0.2, 0.25) is 0 Å². The van der Waals surface area contributed by atoms with Crippen LogP contribution >= 0.6 is 0 Å². The summed E-state index contributed by atoms with van der Waals surface area (Å²) in [5, 5.41) is 5.80. The van der Waals surface area contributed by atoms with Crippen LogP contribution in [0.25, 0.3) is 0 Å². The molecule has 0 aromatic heterocycles. The van der Waals surface area contributed by atoms with Gasteiger partial charge in [-0.3, -0.25) is 24.2 Å². The Kier molecular flexibility index (Phi) is 9.64. The fourth-order valence-electron chi connectivity index (χ4n) is 5.11. The van der Waals surface area contributed by atoms with Gasteiger partial charge < -0.3 is 25.0 Å². The Bertz CT molecular complexity index is 872. The minimum atomic E-state index is -0.493. The third kappa shape index (κ3) is 7.88. The van der Waals surface area contributed by atoms with Crippen molar-refractivity contribution in [1.82, 2.24) is 15.5 Å². The lowest BCUT2D eigenvalue weighted by molar-refractivity contribution is -0.161. The molecule has 1 saturated carbocycles. The Morgan fingerprint density at radius 2 is 1.89 bits per heavy atom. The average Bonchev–Trinajstić information content (AvgIpc) is 3.13. The molecule has 0 aromatic carbocycles. The van der Waals surface area contributed by atoms with Crippen molar-refractivity contribution in [3.8, 4) is 0 Å². The quantitative estimate of drug-likeness (QED) is 0.359. The van der Waals surface area contributed by atoms with Crippen molar-refractivity contribution < 1.29 is 28.7 Å². The van der Waals surface area contributed by atoms with E-state index in [9.17, 15) is 19.2 Å². The molecule has 1 unspecified atom stereocenters. The van der Waals surface area contributed by atoms with Crippen molar-refractivity contribution in [1.29, 1.82) is 0 Å². The maximum absolute atomic E-state index is 12.8. The van der Waals surface area contributed by atoms with E-state index in [-0.39, 0.29) is 73.8 Å². The Morgan fingerprint density at radius 1 is 1.17 bits per heavy atom. The van der Waals surface area contributed by atoms with Gasteiger partial charge in [0.05, 0.1) is 24.5 Å². The fraction of sp³-hybridized carbons (Fsp3) is 0.731. The molecule has 1 saturated heterocycles. The predicted octanol–water partition coefficient (Wildman–Crippen LogP) is 1.24. The van der Waals surface area contributed by atoms with E-state index in [1.54, 1.807) is 18.2 Å². The number of ether oxygens (including phenoxy) is 2. The molecule has 2 N–H and O–H groups in total. The monoisotopic (exact) mass is 504 g/mol. The van der Waals surface area contributed by atoms with Gasteiger partial charge in [-0.2, -0.15) is 0 Å². The molecule has 2 aliphatic heterocycles. The number of likely N-dealkylation sites (tertiary alicyclic amines) is 1. The maximum Gasteiger partial charge on any atom is 0.309 e. The molecule has 10 heteroatoms. The van der Waals surface area contributed by atoms with Crippen LogP contribution in [0.5, 0.6) is 0 Å². The highest BCUT2D eigenvalue weighted by Gasteiger charge is 2.45. The van der Waals surface area contributed by atoms with Crippen LogP contribution in [0.15, 0.2) is 17.1 Å². The van der Waals surface area contributed by atoms with Gasteiger partial charge in [0.15, 0.2) is 0 Å². The van der Waals surface area contributed by atoms with Gasteiger partial charge in [0.1, 0.15) is 12.2 Å². The lowest BCUT2D eigenvalue weighted by atomic mass is 9.86. The number of hydrogen-bond donors (Lipinski definition) is 2. The first kappa shape index (κ1) is 27.8. The summed E-state index contributed by atoms with van der Waals surface area (Å²) in [5.41, 5.74) is -0.493. The number of carbonyl (C=O) groups is 4. The van der Waals surface area contributed by atoms with E-state index in [4.69, 9.17) is 9.47 Å². The topological polar surface area (TPSA) is 126 Å². The highest BCUT2D eigenvalue weighted by molar-refractivity contribution is 5.90. The van der Waals surface area contributed by atoms with Gasteiger partial charge in [0, 0.05) is 44.7 Å². The normalized spacial score (nSPS) is 28.2. The molecule has 0 bridgehead atoms. The fourth-order valence-corrected chi connectivity index (χ4v) is 5.11. The number of nitrogens with one attached hydrogen (secondary N) is 2. The van der Waals surface area contributed by atoms with Gasteiger partial charge >= 0.3 is 5.97 Å². The van der Waals surface area contributed by atoms with Crippen molar-refractivity contribution in [3.63, 3.8) is 0 Å². The van der Waals surface area contributed by atoms with E-state index < -0.39 is 11.5 Å². The van der Waals surface area contributed by atoms with E-state index >= 15 is 0 Å². The molecule has 1 aliphatic carbocycles. The molecular weight excluding hydrogens is 464 g/mol. The second-order valence-corrected chi connectivity index (χ2v) is 10.9. The van der Waals surface area contributed by atoms with Gasteiger partial charge in [0.2, 0.25) is 17.7 Å². The molecule has 3 amide bonds. The Morgan fingerprint density at radius 3 is 2.53 bits per heavy atom. The van der Waals surface area contributed by atoms with E-state index in [1.165, 1.54) is 0 Å². The smallest absolute Gasteiger partial charge is 0.309 e. The van der Waals surface area contributed by atoms with Gasteiger partial charge in [0.25, 0.3) is 0 Å². The summed E-state index contributed by atoms with van der Waals surface area (Å²) in [4.78, 5) is 55.4. The number of amides is 3. The van der Waals surface area contributed by atoms with Crippen molar-refractivity contribution >= 4 is 29.9 Å². The van der Waals surface area contributed by atoms with Crippen LogP contribution in [-0.2, 0) is 28.7 Å². The maximum atomic E-state index is 12.8. The molecule has 0 radical (unpaired) electrons. The molecule has 0 aromatic rings. The molecule has 200 valence electrons. The number of aliphatic imine (C=N–C) groups is 1. The van der Waals surface area contributed by atoms with Crippen LogP contribution in [0.1, 0.15) is 52.9 Å². The summed E-state index contributed by atoms with van der Waals surface area (Å²) in [7, 11) is 1.73. The summed E-state index contributed by atoms with van der Waals surface area (Å²) >= 11 is 0. The summed E-state index contributed by atoms with van der Waals surface area (Å²) < 4.78 is 10.9. The molecule has 3 atom stereocenters. The summed E-state index contributed by atoms with van der Waals surface area (Å²) in [5.74, 6) is -1.15. The molecule has 3 rings (SSSR count). The highest BCUT2D eigenvalue weighted by Crippen LogP contribution is 2.31. The van der Waals surface area contributed by atoms with Gasteiger partial charge in [-0.1, -0.05) is 6.08 Å². The van der Waals surface area contributed by atoms with E-state index in [2.05, 4.69) is 15.6 Å². The first-order valence-electron chi connectivity index (χ1n) is 12.8. The highest BCUT2D eigenvalue weighted by atomic mass is 16.6. The Balaban J connectivity index is 1.31. The zero-order valence-corrected chi connectivity index (χ0v) is 21.8. The lowest BCUT2D eigenvalue weighted by Gasteiger charge is -2.30. The van der Waals surface area contributed by atoms with Crippen LogP contribution in [-0.4, -0.2) is 85.8 Å². The zero-order valence-electron chi connectivity index (χ0n) is 21.8. The lowest BCUT2D eigenvalue weighted by Crippen LogP contribution is -2.45. The van der Waals surface area contributed by atoms with Crippen LogP contribution in [0.4, 0.5) is 0 Å². The standard InChI is InChI=1S/C26H40N4O6/c1-26(2,3)36-25(34)17-7-9-19(10-8-17)29-21(31)16-35-13-12-28-24(33)20-14-22(32)30(4)23(20)18-6-5-11-27-15-18/h5-6,11,17-20,23H,7-10,12-16H2,1-4H3,(H,28,33)(H,29,31)/t17-,18?,19+,20-,23+/m0/s1. The third-order valence-electron chi connectivity index (χ3n) is 6.90. The number of esters is 1. The molecular formula is C26H40N4O6. The van der Waals surface area contributed by atoms with Gasteiger partial charge in [-0.05, 0) is 52.5 Å². The minimum absolute atomic E-state index is 0.0151. The number of rotatable bonds is 9. The molecule has 2 fully saturated rings. The number of dihydropyridines is 1. The van der Waals surface area contributed by atoms with Crippen molar-refractivity contribution in [3.05, 3.63) is 12.2 Å². The van der Waals surface area contributed by atoms with E-state index in [0.717, 1.165) is 12.8 Å². The minimum Gasteiger partial charge on any atom is -0.460 e. The average molecular weight is 505 g/mol. The predicted molar refractivity (Wildman–Crippen MR) is 134 cm³/mol. The third-order valence-corrected chi connectivity index (χ3v) is 6.90. The molecule has 10 nitrogen and oxygen atoms in total. The van der Waals surface area contributed by atoms with Crippen molar-refractivity contribution in [2.45, 2.75) is 70.6 Å². The van der Waals surface area contributed by atoms with Crippen molar-refractivity contribution in [2.24, 2.45) is 22.7 Å². The van der Waals surface area contributed by atoms with E-state index in [1.807, 2.05) is 32.9 Å². The van der Waals surface area contributed by atoms with Crippen LogP contribution < -0.4 is 10.6 Å². The first-order chi connectivity index (χ1) is 17.0. The molecule has 0 spiro atoms. The largest absolute Gasteiger partial charge is 0.460 e. The number of nitrogens with zero attached hydrogens (tertiary/aromatic N) is 2. The van der Waals surface area contributed by atoms with Gasteiger partial charge in [-0.15, -0.1) is 0 Å².